The summed E-state index contributed by atoms with van der Waals surface area (Å²) in [5, 5.41) is 3.61. The van der Waals surface area contributed by atoms with E-state index in [0.29, 0.717) is 0 Å². The van der Waals surface area contributed by atoms with Crippen LogP contribution in [0.1, 0.15) is 32.1 Å². The molecule has 0 saturated carbocycles. The first kappa shape index (κ1) is 8.24. The monoisotopic (exact) mass is 166 g/mol. The Kier molecular flexibility index (Phi) is 2.77. The molecule has 1 N–H and O–H groups in total. The zero-order valence-electron chi connectivity index (χ0n) is 7.63. The standard InChI is InChI=1S/C10H18N2/c1-2-7-12-10(5-1)9-4-3-6-11-8-9/h6,9-10,12H,1-5,7-8H2. The molecule has 2 heterocycles. The Labute approximate surface area is 74.5 Å². The van der Waals surface area contributed by atoms with Gasteiger partial charge in [0, 0.05) is 12.6 Å². The highest BCUT2D eigenvalue weighted by atomic mass is 14.9. The lowest BCUT2D eigenvalue weighted by molar-refractivity contribution is 0.285. The molecule has 1 saturated heterocycles. The second-order valence-corrected chi connectivity index (χ2v) is 3.94. The van der Waals surface area contributed by atoms with Crippen molar-refractivity contribution < 1.29 is 0 Å². The number of aliphatic imine (C=N–C) groups is 1. The molecule has 1 fully saturated rings. The van der Waals surface area contributed by atoms with E-state index in [2.05, 4.69) is 16.5 Å². The van der Waals surface area contributed by atoms with Crippen LogP contribution in [0.25, 0.3) is 0 Å². The van der Waals surface area contributed by atoms with Gasteiger partial charge in [0.25, 0.3) is 0 Å². The minimum Gasteiger partial charge on any atom is -0.314 e. The highest BCUT2D eigenvalue weighted by Crippen LogP contribution is 2.21. The highest BCUT2D eigenvalue weighted by Gasteiger charge is 2.23. The Hall–Kier alpha value is -0.370. The molecule has 0 aliphatic carbocycles. The molecular weight excluding hydrogens is 148 g/mol. The average molecular weight is 166 g/mol. The van der Waals surface area contributed by atoms with Gasteiger partial charge in [0.15, 0.2) is 0 Å². The van der Waals surface area contributed by atoms with Crippen LogP contribution >= 0.6 is 0 Å². The lowest BCUT2D eigenvalue weighted by Gasteiger charge is -2.31. The third-order valence-corrected chi connectivity index (χ3v) is 3.05. The highest BCUT2D eigenvalue weighted by molar-refractivity contribution is 5.57. The van der Waals surface area contributed by atoms with Crippen molar-refractivity contribution in [2.45, 2.75) is 38.1 Å². The molecule has 0 radical (unpaired) electrons. The van der Waals surface area contributed by atoms with Gasteiger partial charge >= 0.3 is 0 Å². The summed E-state index contributed by atoms with van der Waals surface area (Å²) in [5.41, 5.74) is 0. The van der Waals surface area contributed by atoms with E-state index >= 15 is 0 Å². The Bertz CT molecular complexity index is 159. The molecule has 0 aromatic rings. The van der Waals surface area contributed by atoms with Crippen LogP contribution in [-0.4, -0.2) is 25.3 Å². The molecule has 2 nitrogen and oxygen atoms in total. The fourth-order valence-corrected chi connectivity index (χ4v) is 2.29. The summed E-state index contributed by atoms with van der Waals surface area (Å²) in [6.07, 6.45) is 8.79. The molecule has 2 aliphatic heterocycles. The molecule has 2 unspecified atom stereocenters. The van der Waals surface area contributed by atoms with Crippen LogP contribution in [0, 0.1) is 5.92 Å². The molecule has 0 bridgehead atoms. The lowest BCUT2D eigenvalue weighted by atomic mass is 9.88. The zero-order valence-corrected chi connectivity index (χ0v) is 7.63. The summed E-state index contributed by atoms with van der Waals surface area (Å²) in [5.74, 6) is 0.829. The van der Waals surface area contributed by atoms with Crippen molar-refractivity contribution in [3.63, 3.8) is 0 Å². The van der Waals surface area contributed by atoms with Crippen molar-refractivity contribution in [1.29, 1.82) is 0 Å². The molecule has 0 amide bonds. The van der Waals surface area contributed by atoms with Crippen LogP contribution in [-0.2, 0) is 0 Å². The van der Waals surface area contributed by atoms with Crippen molar-refractivity contribution in [2.24, 2.45) is 10.9 Å². The van der Waals surface area contributed by atoms with Crippen molar-refractivity contribution in [3.05, 3.63) is 0 Å². The van der Waals surface area contributed by atoms with E-state index in [-0.39, 0.29) is 0 Å². The normalized spacial score (nSPS) is 36.7. The van der Waals surface area contributed by atoms with E-state index in [0.717, 1.165) is 18.5 Å². The second-order valence-electron chi connectivity index (χ2n) is 3.94. The maximum atomic E-state index is 4.37. The third kappa shape index (κ3) is 1.86. The summed E-state index contributed by atoms with van der Waals surface area (Å²) in [6.45, 7) is 2.29. The molecule has 0 aromatic carbocycles. The quantitative estimate of drug-likeness (QED) is 0.629. The number of piperidine rings is 1. The first-order chi connectivity index (χ1) is 5.97. The Morgan fingerprint density at radius 3 is 2.92 bits per heavy atom. The maximum Gasteiger partial charge on any atom is 0.0428 e. The van der Waals surface area contributed by atoms with Gasteiger partial charge < -0.3 is 5.32 Å². The maximum absolute atomic E-state index is 4.37. The van der Waals surface area contributed by atoms with Gasteiger partial charge in [0.2, 0.25) is 0 Å². The van der Waals surface area contributed by atoms with Gasteiger partial charge in [-0.1, -0.05) is 6.42 Å². The number of hydrogen-bond donors (Lipinski definition) is 1. The van der Waals surface area contributed by atoms with Crippen LogP contribution < -0.4 is 5.32 Å². The van der Waals surface area contributed by atoms with E-state index in [1.807, 2.05) is 0 Å². The van der Waals surface area contributed by atoms with Crippen LogP contribution in [0.2, 0.25) is 0 Å². The number of rotatable bonds is 1. The molecule has 0 spiro atoms. The summed E-state index contributed by atoms with van der Waals surface area (Å²) in [4.78, 5) is 4.37. The number of hydrogen-bond acceptors (Lipinski definition) is 2. The van der Waals surface area contributed by atoms with Crippen molar-refractivity contribution in [2.75, 3.05) is 13.1 Å². The molecule has 68 valence electrons. The number of nitrogens with one attached hydrogen (secondary N) is 1. The molecule has 2 rings (SSSR count). The van der Waals surface area contributed by atoms with Gasteiger partial charge in [-0.2, -0.15) is 0 Å². The topological polar surface area (TPSA) is 24.4 Å². The predicted octanol–water partition coefficient (Wildman–Crippen LogP) is 1.61. The van der Waals surface area contributed by atoms with Gasteiger partial charge in [0.05, 0.1) is 0 Å². The van der Waals surface area contributed by atoms with Crippen molar-refractivity contribution >= 4 is 6.21 Å². The number of nitrogens with zero attached hydrogens (tertiary/aromatic N) is 1. The smallest absolute Gasteiger partial charge is 0.0428 e. The van der Waals surface area contributed by atoms with Crippen LogP contribution in [0.3, 0.4) is 0 Å². The summed E-state index contributed by atoms with van der Waals surface area (Å²) < 4.78 is 0. The molecular formula is C10H18N2. The molecule has 0 aromatic heterocycles. The molecule has 12 heavy (non-hydrogen) atoms. The van der Waals surface area contributed by atoms with Crippen LogP contribution in [0.15, 0.2) is 4.99 Å². The molecule has 2 atom stereocenters. The Morgan fingerprint density at radius 1 is 1.25 bits per heavy atom. The van der Waals surface area contributed by atoms with E-state index in [4.69, 9.17) is 0 Å². The van der Waals surface area contributed by atoms with E-state index in [1.54, 1.807) is 0 Å². The largest absolute Gasteiger partial charge is 0.314 e. The first-order valence-electron chi connectivity index (χ1n) is 5.18. The predicted molar refractivity (Wildman–Crippen MR) is 51.7 cm³/mol. The summed E-state index contributed by atoms with van der Waals surface area (Å²) in [7, 11) is 0. The van der Waals surface area contributed by atoms with Gasteiger partial charge in [-0.25, -0.2) is 0 Å². The third-order valence-electron chi connectivity index (χ3n) is 3.05. The Morgan fingerprint density at radius 2 is 2.25 bits per heavy atom. The SMILES string of the molecule is C1=NCC(C2CCCCN2)CC1. The van der Waals surface area contributed by atoms with E-state index < -0.39 is 0 Å². The average Bonchev–Trinajstić information content (AvgIpc) is 2.21. The fourth-order valence-electron chi connectivity index (χ4n) is 2.29. The molecule has 2 heteroatoms. The van der Waals surface area contributed by atoms with Crippen molar-refractivity contribution in [3.8, 4) is 0 Å². The van der Waals surface area contributed by atoms with Gasteiger partial charge in [0.1, 0.15) is 0 Å². The summed E-state index contributed by atoms with van der Waals surface area (Å²) in [6, 6.07) is 0.774. The van der Waals surface area contributed by atoms with E-state index in [9.17, 15) is 0 Å². The van der Waals surface area contributed by atoms with Crippen molar-refractivity contribution in [1.82, 2.24) is 5.32 Å². The van der Waals surface area contributed by atoms with Gasteiger partial charge in [-0.05, 0) is 44.4 Å². The molecule has 2 aliphatic rings. The summed E-state index contributed by atoms with van der Waals surface area (Å²) >= 11 is 0. The minimum atomic E-state index is 0.774. The van der Waals surface area contributed by atoms with Crippen LogP contribution in [0.4, 0.5) is 0 Å². The zero-order chi connectivity index (χ0) is 8.23. The minimum absolute atomic E-state index is 0.774. The van der Waals surface area contributed by atoms with Crippen LogP contribution in [0.5, 0.6) is 0 Å². The lowest BCUT2D eigenvalue weighted by Crippen LogP contribution is -2.41. The first-order valence-corrected chi connectivity index (χ1v) is 5.18. The van der Waals surface area contributed by atoms with Gasteiger partial charge in [-0.3, -0.25) is 4.99 Å². The Balaban J connectivity index is 1.85. The fraction of sp³-hybridized carbons (Fsp3) is 0.900. The second kappa shape index (κ2) is 4.04. The van der Waals surface area contributed by atoms with Gasteiger partial charge in [-0.15, -0.1) is 0 Å². The van der Waals surface area contributed by atoms with E-state index in [1.165, 1.54) is 38.6 Å².